The van der Waals surface area contributed by atoms with Crippen LogP contribution in [-0.4, -0.2) is 26.6 Å². The number of rotatable bonds is 4. The third kappa shape index (κ3) is 4.74. The molecule has 1 aromatic carbocycles. The van der Waals surface area contributed by atoms with E-state index in [1.807, 2.05) is 0 Å². The van der Waals surface area contributed by atoms with Gasteiger partial charge in [-0.15, -0.1) is 0 Å². The number of sulfonamides is 1. The van der Waals surface area contributed by atoms with Crippen LogP contribution in [0.15, 0.2) is 24.3 Å². The Morgan fingerprint density at radius 1 is 1.14 bits per heavy atom. The topological polar surface area (TPSA) is 75.3 Å². The Morgan fingerprint density at radius 3 is 2.38 bits per heavy atom. The molecule has 1 aromatic rings. The summed E-state index contributed by atoms with van der Waals surface area (Å²) in [5.74, 6) is 0.499. The zero-order valence-corrected chi connectivity index (χ0v) is 13.2. The van der Waals surface area contributed by atoms with Crippen molar-refractivity contribution in [2.45, 2.75) is 38.6 Å². The molecule has 0 aliphatic heterocycles. The van der Waals surface area contributed by atoms with E-state index in [-0.39, 0.29) is 11.9 Å². The number of hydrogen-bond donors (Lipinski definition) is 2. The lowest BCUT2D eigenvalue weighted by Crippen LogP contribution is -2.37. The zero-order valence-electron chi connectivity index (χ0n) is 12.4. The number of nitrogens with one attached hydrogen (secondary N) is 2. The molecule has 1 aliphatic carbocycles. The number of carbonyl (C=O) groups is 1. The molecule has 0 heterocycles. The third-order valence-corrected chi connectivity index (χ3v) is 4.41. The minimum Gasteiger partial charge on any atom is -0.349 e. The van der Waals surface area contributed by atoms with Crippen LogP contribution >= 0.6 is 0 Å². The molecule has 0 atom stereocenters. The van der Waals surface area contributed by atoms with Crippen LogP contribution in [0.25, 0.3) is 0 Å². The van der Waals surface area contributed by atoms with Gasteiger partial charge in [0.25, 0.3) is 5.91 Å². The Morgan fingerprint density at radius 2 is 1.76 bits per heavy atom. The van der Waals surface area contributed by atoms with E-state index < -0.39 is 10.0 Å². The van der Waals surface area contributed by atoms with Crippen LogP contribution in [0.5, 0.6) is 0 Å². The Hall–Kier alpha value is -1.56. The predicted octanol–water partition coefficient (Wildman–Crippen LogP) is 2.37. The molecule has 0 saturated heterocycles. The second-order valence-electron chi connectivity index (χ2n) is 5.85. The smallest absolute Gasteiger partial charge is 0.253 e. The van der Waals surface area contributed by atoms with Gasteiger partial charge in [0.05, 0.1) is 17.5 Å². The number of hydrogen-bond acceptors (Lipinski definition) is 3. The molecule has 2 rings (SSSR count). The minimum absolute atomic E-state index is 0.181. The monoisotopic (exact) mass is 310 g/mol. The standard InChI is InChI=1S/C15H22N2O3S/c1-11-7-9-12(10-8-11)16-15(18)13-5-3-4-6-14(13)17-21(2,19)20/h3-6,11-12,17H,7-10H2,1-2H3,(H,16,18). The molecule has 0 unspecified atom stereocenters. The second-order valence-corrected chi connectivity index (χ2v) is 7.60. The number of anilines is 1. The molecular weight excluding hydrogens is 288 g/mol. The van der Waals surface area contributed by atoms with Gasteiger partial charge in [0.2, 0.25) is 10.0 Å². The first-order valence-electron chi connectivity index (χ1n) is 7.23. The van der Waals surface area contributed by atoms with Gasteiger partial charge in [-0.2, -0.15) is 0 Å². The van der Waals surface area contributed by atoms with E-state index >= 15 is 0 Å². The summed E-state index contributed by atoms with van der Waals surface area (Å²) in [6.45, 7) is 2.23. The van der Waals surface area contributed by atoms with Crippen LogP contribution in [0.1, 0.15) is 43.0 Å². The highest BCUT2D eigenvalue weighted by molar-refractivity contribution is 7.92. The van der Waals surface area contributed by atoms with Gasteiger partial charge >= 0.3 is 0 Å². The molecule has 0 radical (unpaired) electrons. The van der Waals surface area contributed by atoms with E-state index in [1.165, 1.54) is 0 Å². The molecule has 1 amide bonds. The van der Waals surface area contributed by atoms with Gasteiger partial charge in [0.1, 0.15) is 0 Å². The average Bonchev–Trinajstić information content (AvgIpc) is 2.40. The Kier molecular flexibility index (Phi) is 4.88. The highest BCUT2D eigenvalue weighted by Gasteiger charge is 2.21. The largest absolute Gasteiger partial charge is 0.349 e. The maximum atomic E-state index is 12.4. The molecule has 5 nitrogen and oxygen atoms in total. The lowest BCUT2D eigenvalue weighted by molar-refractivity contribution is 0.0924. The third-order valence-electron chi connectivity index (χ3n) is 3.82. The molecule has 0 bridgehead atoms. The van der Waals surface area contributed by atoms with Crippen molar-refractivity contribution in [3.05, 3.63) is 29.8 Å². The number of para-hydroxylation sites is 1. The van der Waals surface area contributed by atoms with Crippen molar-refractivity contribution in [3.63, 3.8) is 0 Å². The van der Waals surface area contributed by atoms with E-state index in [2.05, 4.69) is 17.0 Å². The van der Waals surface area contributed by atoms with E-state index in [4.69, 9.17) is 0 Å². The minimum atomic E-state index is -3.40. The first-order chi connectivity index (χ1) is 9.85. The highest BCUT2D eigenvalue weighted by atomic mass is 32.2. The molecular formula is C15H22N2O3S. The average molecular weight is 310 g/mol. The summed E-state index contributed by atoms with van der Waals surface area (Å²) < 4.78 is 25.1. The van der Waals surface area contributed by atoms with Crippen molar-refractivity contribution in [1.82, 2.24) is 5.32 Å². The molecule has 0 aromatic heterocycles. The molecule has 21 heavy (non-hydrogen) atoms. The highest BCUT2D eigenvalue weighted by Crippen LogP contribution is 2.24. The van der Waals surface area contributed by atoms with Crippen LogP contribution < -0.4 is 10.0 Å². The summed E-state index contributed by atoms with van der Waals surface area (Å²) in [7, 11) is -3.40. The second kappa shape index (κ2) is 6.47. The van der Waals surface area contributed by atoms with Crippen LogP contribution in [0, 0.1) is 5.92 Å². The Balaban J connectivity index is 2.09. The fourth-order valence-corrected chi connectivity index (χ4v) is 3.21. The zero-order chi connectivity index (χ0) is 15.5. The van der Waals surface area contributed by atoms with E-state index in [9.17, 15) is 13.2 Å². The lowest BCUT2D eigenvalue weighted by Gasteiger charge is -2.27. The first-order valence-corrected chi connectivity index (χ1v) is 9.12. The predicted molar refractivity (Wildman–Crippen MR) is 83.8 cm³/mol. The first kappa shape index (κ1) is 15.8. The van der Waals surface area contributed by atoms with E-state index in [0.29, 0.717) is 11.3 Å². The fraction of sp³-hybridized carbons (Fsp3) is 0.533. The van der Waals surface area contributed by atoms with Gasteiger partial charge in [-0.05, 0) is 43.7 Å². The Bertz CT molecular complexity index is 605. The van der Waals surface area contributed by atoms with Crippen molar-refractivity contribution >= 4 is 21.6 Å². The number of benzene rings is 1. The summed E-state index contributed by atoms with van der Waals surface area (Å²) in [6.07, 6.45) is 5.27. The van der Waals surface area contributed by atoms with Crippen LogP contribution in [0.4, 0.5) is 5.69 Å². The molecule has 2 N–H and O–H groups in total. The summed E-state index contributed by atoms with van der Waals surface area (Å²) in [5, 5.41) is 3.01. The number of amides is 1. The summed E-state index contributed by atoms with van der Waals surface area (Å²) in [5.41, 5.74) is 0.684. The maximum Gasteiger partial charge on any atom is 0.253 e. The molecule has 1 saturated carbocycles. The van der Waals surface area contributed by atoms with Crippen molar-refractivity contribution in [3.8, 4) is 0 Å². The quantitative estimate of drug-likeness (QED) is 0.896. The van der Waals surface area contributed by atoms with Gasteiger partial charge in [0.15, 0.2) is 0 Å². The van der Waals surface area contributed by atoms with Gasteiger partial charge in [0, 0.05) is 6.04 Å². The van der Waals surface area contributed by atoms with Crippen LogP contribution in [0.3, 0.4) is 0 Å². The molecule has 6 heteroatoms. The fourth-order valence-electron chi connectivity index (χ4n) is 2.64. The molecule has 1 fully saturated rings. The van der Waals surface area contributed by atoms with Gasteiger partial charge in [-0.3, -0.25) is 9.52 Å². The van der Waals surface area contributed by atoms with E-state index in [1.54, 1.807) is 24.3 Å². The summed E-state index contributed by atoms with van der Waals surface area (Å²) >= 11 is 0. The lowest BCUT2D eigenvalue weighted by atomic mass is 9.87. The summed E-state index contributed by atoms with van der Waals surface area (Å²) in [6, 6.07) is 6.84. The number of carbonyl (C=O) groups excluding carboxylic acids is 1. The van der Waals surface area contributed by atoms with E-state index in [0.717, 1.165) is 37.9 Å². The normalized spacial score (nSPS) is 22.6. The van der Waals surface area contributed by atoms with Gasteiger partial charge in [-0.25, -0.2) is 8.42 Å². The van der Waals surface area contributed by atoms with Crippen molar-refractivity contribution < 1.29 is 13.2 Å². The maximum absolute atomic E-state index is 12.4. The summed E-state index contributed by atoms with van der Waals surface area (Å²) in [4.78, 5) is 12.4. The van der Waals surface area contributed by atoms with Crippen LogP contribution in [0.2, 0.25) is 0 Å². The van der Waals surface area contributed by atoms with Gasteiger partial charge in [-0.1, -0.05) is 19.1 Å². The van der Waals surface area contributed by atoms with Crippen molar-refractivity contribution in [1.29, 1.82) is 0 Å². The van der Waals surface area contributed by atoms with Gasteiger partial charge < -0.3 is 5.32 Å². The SMILES string of the molecule is CC1CCC(NC(=O)c2ccccc2NS(C)(=O)=O)CC1. The van der Waals surface area contributed by atoms with Crippen LogP contribution in [-0.2, 0) is 10.0 Å². The van der Waals surface area contributed by atoms with Crippen molar-refractivity contribution in [2.24, 2.45) is 5.92 Å². The molecule has 0 spiro atoms. The molecule has 116 valence electrons. The Labute approximate surface area is 126 Å². The van der Waals surface area contributed by atoms with Crippen molar-refractivity contribution in [2.75, 3.05) is 11.0 Å². The molecule has 1 aliphatic rings.